The number of alkyl halides is 3. The fourth-order valence-corrected chi connectivity index (χ4v) is 2.78. The fourth-order valence-electron chi connectivity index (χ4n) is 2.61. The Morgan fingerprint density at radius 2 is 1.84 bits per heavy atom. The van der Waals surface area contributed by atoms with E-state index in [2.05, 4.69) is 4.99 Å². The molecule has 1 atom stereocenters. The van der Waals surface area contributed by atoms with Crippen molar-refractivity contribution in [3.8, 4) is 0 Å². The van der Waals surface area contributed by atoms with Gasteiger partial charge in [0.25, 0.3) is 5.91 Å². The standard InChI is InChI=1S/C17H12ClF3N2O2/c18-11-6-7-13-12(8-11)14(10-4-2-1-3-5-10)22-15(24)16(25)23(13)9-17(19,20)21/h1-8,15,24H,9H2/t15-/m1/s1. The predicted octanol–water partition coefficient (Wildman–Crippen LogP) is 3.40. The van der Waals surface area contributed by atoms with Crippen LogP contribution in [0.5, 0.6) is 0 Å². The molecular formula is C17H12ClF3N2O2. The Morgan fingerprint density at radius 3 is 2.48 bits per heavy atom. The molecule has 0 aliphatic carbocycles. The second-order valence-corrected chi connectivity index (χ2v) is 5.85. The first-order chi connectivity index (χ1) is 11.8. The zero-order valence-corrected chi connectivity index (χ0v) is 13.4. The van der Waals surface area contributed by atoms with E-state index in [0.717, 1.165) is 0 Å². The molecule has 1 aliphatic rings. The Kier molecular flexibility index (Phi) is 4.53. The molecule has 130 valence electrons. The van der Waals surface area contributed by atoms with E-state index < -0.39 is 24.9 Å². The summed E-state index contributed by atoms with van der Waals surface area (Å²) in [5, 5.41) is 10.3. The Morgan fingerprint density at radius 1 is 1.16 bits per heavy atom. The topological polar surface area (TPSA) is 52.9 Å². The van der Waals surface area contributed by atoms with Gasteiger partial charge in [-0.25, -0.2) is 4.99 Å². The molecule has 4 nitrogen and oxygen atoms in total. The van der Waals surface area contributed by atoms with Crippen molar-refractivity contribution in [2.75, 3.05) is 11.4 Å². The average Bonchev–Trinajstić information content (AvgIpc) is 2.65. The van der Waals surface area contributed by atoms with Crippen LogP contribution < -0.4 is 4.90 Å². The number of nitrogens with zero attached hydrogens (tertiary/aromatic N) is 2. The minimum absolute atomic E-state index is 0.00845. The molecule has 0 aromatic heterocycles. The van der Waals surface area contributed by atoms with Gasteiger partial charge in [0.2, 0.25) is 6.23 Å². The van der Waals surface area contributed by atoms with Crippen molar-refractivity contribution in [3.05, 3.63) is 64.7 Å². The number of aliphatic imine (C=N–C) groups is 1. The zero-order chi connectivity index (χ0) is 18.2. The summed E-state index contributed by atoms with van der Waals surface area (Å²) in [7, 11) is 0. The first kappa shape index (κ1) is 17.4. The van der Waals surface area contributed by atoms with Crippen LogP contribution in [0.1, 0.15) is 11.1 Å². The van der Waals surface area contributed by atoms with E-state index in [-0.39, 0.29) is 22.0 Å². The highest BCUT2D eigenvalue weighted by Gasteiger charge is 2.39. The van der Waals surface area contributed by atoms with Crippen LogP contribution in [0.3, 0.4) is 0 Å². The molecule has 2 aromatic rings. The second-order valence-electron chi connectivity index (χ2n) is 5.42. The normalized spacial score (nSPS) is 17.8. The maximum absolute atomic E-state index is 12.9. The number of hydrogen-bond acceptors (Lipinski definition) is 3. The second kappa shape index (κ2) is 6.50. The monoisotopic (exact) mass is 368 g/mol. The number of rotatable bonds is 2. The highest BCUT2D eigenvalue weighted by atomic mass is 35.5. The lowest BCUT2D eigenvalue weighted by Crippen LogP contribution is -2.43. The highest BCUT2D eigenvalue weighted by Crippen LogP contribution is 2.32. The summed E-state index contributed by atoms with van der Waals surface area (Å²) in [5.74, 6) is -1.15. The first-order valence-electron chi connectivity index (χ1n) is 7.25. The van der Waals surface area contributed by atoms with Crippen molar-refractivity contribution in [2.45, 2.75) is 12.4 Å². The van der Waals surface area contributed by atoms with E-state index in [1.54, 1.807) is 30.3 Å². The number of hydrogen-bond donors (Lipinski definition) is 1. The summed E-state index contributed by atoms with van der Waals surface area (Å²) >= 11 is 5.99. The maximum atomic E-state index is 12.9. The minimum atomic E-state index is -4.64. The molecule has 0 saturated carbocycles. The molecule has 2 aromatic carbocycles. The van der Waals surface area contributed by atoms with Gasteiger partial charge in [-0.15, -0.1) is 0 Å². The molecular weight excluding hydrogens is 357 g/mol. The largest absolute Gasteiger partial charge is 0.406 e. The predicted molar refractivity (Wildman–Crippen MR) is 87.9 cm³/mol. The van der Waals surface area contributed by atoms with Crippen molar-refractivity contribution in [1.29, 1.82) is 0 Å². The van der Waals surface area contributed by atoms with Gasteiger partial charge in [-0.2, -0.15) is 13.2 Å². The van der Waals surface area contributed by atoms with Crippen molar-refractivity contribution in [3.63, 3.8) is 0 Å². The molecule has 0 spiro atoms. The third-order valence-electron chi connectivity index (χ3n) is 3.63. The lowest BCUT2D eigenvalue weighted by Gasteiger charge is -2.25. The summed E-state index contributed by atoms with van der Waals surface area (Å²) in [6.45, 7) is -1.53. The fraction of sp³-hybridized carbons (Fsp3) is 0.176. The quantitative estimate of drug-likeness (QED) is 0.883. The van der Waals surface area contributed by atoms with Gasteiger partial charge < -0.3 is 5.11 Å². The Labute approximate surface area is 146 Å². The van der Waals surface area contributed by atoms with Gasteiger partial charge in [0, 0.05) is 16.1 Å². The SMILES string of the molecule is O=C1[C@@H](O)N=C(c2ccccc2)c2cc(Cl)ccc2N1CC(F)(F)F. The molecule has 0 fully saturated rings. The van der Waals surface area contributed by atoms with Gasteiger partial charge in [0.05, 0.1) is 11.4 Å². The van der Waals surface area contributed by atoms with Crippen LogP contribution in [-0.4, -0.2) is 35.7 Å². The number of carbonyl (C=O) groups is 1. The van der Waals surface area contributed by atoms with Crippen LogP contribution in [-0.2, 0) is 4.79 Å². The molecule has 3 rings (SSSR count). The van der Waals surface area contributed by atoms with Crippen molar-refractivity contribution < 1.29 is 23.1 Å². The highest BCUT2D eigenvalue weighted by molar-refractivity contribution is 6.32. The summed E-state index contributed by atoms with van der Waals surface area (Å²) in [4.78, 5) is 16.7. The van der Waals surface area contributed by atoms with E-state index in [9.17, 15) is 23.1 Å². The third kappa shape index (κ3) is 3.67. The molecule has 1 amide bonds. The minimum Gasteiger partial charge on any atom is -0.364 e. The third-order valence-corrected chi connectivity index (χ3v) is 3.86. The first-order valence-corrected chi connectivity index (χ1v) is 7.63. The Balaban J connectivity index is 2.22. The molecule has 0 unspecified atom stereocenters. The Hall–Kier alpha value is -2.38. The molecule has 1 heterocycles. The lowest BCUT2D eigenvalue weighted by atomic mass is 10.00. The van der Waals surface area contributed by atoms with Crippen molar-refractivity contribution in [1.82, 2.24) is 0 Å². The summed E-state index contributed by atoms with van der Waals surface area (Å²) in [6.07, 6.45) is -6.58. The van der Waals surface area contributed by atoms with Gasteiger partial charge in [0.15, 0.2) is 0 Å². The zero-order valence-electron chi connectivity index (χ0n) is 12.7. The Bertz CT molecular complexity index is 838. The van der Waals surface area contributed by atoms with Crippen LogP contribution in [0, 0.1) is 0 Å². The maximum Gasteiger partial charge on any atom is 0.406 e. The molecule has 8 heteroatoms. The summed E-state index contributed by atoms with van der Waals surface area (Å²) in [5.41, 5.74) is 0.981. The molecule has 0 bridgehead atoms. The van der Waals surface area contributed by atoms with Gasteiger partial charge in [-0.05, 0) is 18.2 Å². The molecule has 25 heavy (non-hydrogen) atoms. The van der Waals surface area contributed by atoms with Gasteiger partial charge >= 0.3 is 6.18 Å². The number of anilines is 1. The van der Waals surface area contributed by atoms with Gasteiger partial charge in [0.1, 0.15) is 6.54 Å². The van der Waals surface area contributed by atoms with E-state index in [4.69, 9.17) is 11.6 Å². The lowest BCUT2D eigenvalue weighted by molar-refractivity contribution is -0.137. The van der Waals surface area contributed by atoms with Gasteiger partial charge in [-0.3, -0.25) is 9.69 Å². The summed E-state index contributed by atoms with van der Waals surface area (Å²) in [6, 6.07) is 12.7. The average molecular weight is 369 g/mol. The van der Waals surface area contributed by atoms with E-state index >= 15 is 0 Å². The number of aliphatic hydroxyl groups excluding tert-OH is 1. The number of halogens is 4. The van der Waals surface area contributed by atoms with Gasteiger partial charge in [-0.1, -0.05) is 41.9 Å². The van der Waals surface area contributed by atoms with Crippen LogP contribution in [0.2, 0.25) is 5.02 Å². The van der Waals surface area contributed by atoms with Crippen LogP contribution >= 0.6 is 11.6 Å². The number of aliphatic hydroxyl groups is 1. The molecule has 0 saturated heterocycles. The van der Waals surface area contributed by atoms with Crippen molar-refractivity contribution in [2.24, 2.45) is 4.99 Å². The number of amides is 1. The molecule has 1 aliphatic heterocycles. The van der Waals surface area contributed by atoms with Crippen LogP contribution in [0.25, 0.3) is 0 Å². The van der Waals surface area contributed by atoms with E-state index in [0.29, 0.717) is 10.5 Å². The van der Waals surface area contributed by atoms with Crippen LogP contribution in [0.15, 0.2) is 53.5 Å². The number of benzene rings is 2. The molecule has 1 N–H and O–H groups in total. The van der Waals surface area contributed by atoms with E-state index in [1.807, 2.05) is 0 Å². The molecule has 0 radical (unpaired) electrons. The smallest absolute Gasteiger partial charge is 0.364 e. The number of carbonyl (C=O) groups excluding carboxylic acids is 1. The van der Waals surface area contributed by atoms with E-state index in [1.165, 1.54) is 18.2 Å². The number of fused-ring (bicyclic) bond motifs is 1. The van der Waals surface area contributed by atoms with Crippen molar-refractivity contribution >= 4 is 28.9 Å². The summed E-state index contributed by atoms with van der Waals surface area (Å²) < 4.78 is 38.8. The number of benzodiazepines with no additional fused rings is 1. The van der Waals surface area contributed by atoms with Crippen LogP contribution in [0.4, 0.5) is 18.9 Å².